The largest absolute Gasteiger partial charge is 0.545 e. The molecular formula is C28H20N2O2. The number of carbonyl (C=O) groups is 1. The van der Waals surface area contributed by atoms with E-state index in [4.69, 9.17) is 0 Å². The van der Waals surface area contributed by atoms with Crippen LogP contribution in [-0.4, -0.2) is 11.0 Å². The zero-order valence-corrected chi connectivity index (χ0v) is 17.2. The van der Waals surface area contributed by atoms with E-state index >= 15 is 0 Å². The Morgan fingerprint density at radius 1 is 0.625 bits per heavy atom. The van der Waals surface area contributed by atoms with Gasteiger partial charge in [0.2, 0.25) is 0 Å². The van der Waals surface area contributed by atoms with Crippen molar-refractivity contribution in [2.45, 2.75) is 0 Å². The van der Waals surface area contributed by atoms with Gasteiger partial charge in [0, 0.05) is 10.8 Å². The molecule has 0 bridgehead atoms. The molecule has 0 amide bonds. The number of carboxylic acid groups (broad SMARTS) is 1. The number of hydrogen-bond acceptors (Lipinski definition) is 2. The summed E-state index contributed by atoms with van der Waals surface area (Å²) in [6.45, 7) is 0. The van der Waals surface area contributed by atoms with Crippen molar-refractivity contribution in [2.75, 3.05) is 0 Å². The number of fused-ring (bicyclic) bond motifs is 6. The fourth-order valence-corrected chi connectivity index (χ4v) is 4.01. The third-order valence-electron chi connectivity index (χ3n) is 5.50. The van der Waals surface area contributed by atoms with Gasteiger partial charge in [-0.2, -0.15) is 0 Å². The number of aromatic amines is 2. The van der Waals surface area contributed by atoms with Gasteiger partial charge >= 0.3 is 0 Å². The summed E-state index contributed by atoms with van der Waals surface area (Å²) in [4.78, 5) is 17.3. The highest BCUT2D eigenvalue weighted by molar-refractivity contribution is 6.22. The Morgan fingerprint density at radius 3 is 1.72 bits per heavy atom. The molecule has 0 saturated heterocycles. The molecule has 0 aliphatic carbocycles. The molecule has 5 aromatic carbocycles. The minimum atomic E-state index is -1.13. The number of carbonyl (C=O) groups excluding carboxylic acids is 1. The molecule has 0 fully saturated rings. The fourth-order valence-electron chi connectivity index (χ4n) is 4.01. The average Bonchev–Trinajstić information content (AvgIpc) is 3.32. The molecule has 2 N–H and O–H groups in total. The van der Waals surface area contributed by atoms with Gasteiger partial charge in [-0.3, -0.25) is 0 Å². The highest BCUT2D eigenvalue weighted by Crippen LogP contribution is 2.33. The molecule has 0 unspecified atom stereocenters. The monoisotopic (exact) mass is 416 g/mol. The summed E-state index contributed by atoms with van der Waals surface area (Å²) in [5, 5.41) is 15.2. The Hall–Kier alpha value is -4.44. The summed E-state index contributed by atoms with van der Waals surface area (Å²) in [7, 11) is 0. The Labute approximate surface area is 184 Å². The second-order valence-corrected chi connectivity index (χ2v) is 7.49. The van der Waals surface area contributed by atoms with Crippen LogP contribution in [0, 0.1) is 0 Å². The number of aromatic nitrogens is 2. The first kappa shape index (κ1) is 19.5. The van der Waals surface area contributed by atoms with Gasteiger partial charge < -0.3 is 9.90 Å². The van der Waals surface area contributed by atoms with E-state index in [-0.39, 0.29) is 5.56 Å². The van der Waals surface area contributed by atoms with Crippen LogP contribution in [0.15, 0.2) is 109 Å². The second kappa shape index (κ2) is 8.36. The standard InChI is InChI=1S/C21H14N2.C7H6O2/c1-2-8-14(9-3-1)21-22-19-17-12-6-4-10-15(17)16-11-5-7-13-18(16)20(19)23-21;8-7(9)6-4-2-1-3-5-6/h1-13H,(H,22,23);1-5H,(H,8,9). The number of carboxylic acids is 1. The SMILES string of the molecule is O=C([O-])c1ccccc1.c1ccc(-c2[nH]c3c4ccccc4c4ccccc4c3[nH+]2)cc1. The minimum Gasteiger partial charge on any atom is -0.545 e. The molecule has 4 heteroatoms. The third-order valence-corrected chi connectivity index (χ3v) is 5.50. The van der Waals surface area contributed by atoms with Gasteiger partial charge in [0.1, 0.15) is 0 Å². The van der Waals surface area contributed by atoms with E-state index in [0.29, 0.717) is 0 Å². The predicted octanol–water partition coefficient (Wildman–Crippen LogP) is 5.01. The molecule has 4 nitrogen and oxygen atoms in total. The topological polar surface area (TPSA) is 70.1 Å². The minimum absolute atomic E-state index is 0.220. The first-order chi connectivity index (χ1) is 15.7. The average molecular weight is 416 g/mol. The van der Waals surface area contributed by atoms with Crippen molar-refractivity contribution in [3.8, 4) is 11.4 Å². The highest BCUT2D eigenvalue weighted by atomic mass is 16.4. The molecule has 1 aromatic heterocycles. The maximum absolute atomic E-state index is 10.1. The Kier molecular flexibility index (Phi) is 5.10. The van der Waals surface area contributed by atoms with Crippen LogP contribution in [0.25, 0.3) is 44.0 Å². The van der Waals surface area contributed by atoms with Crippen LogP contribution in [0.4, 0.5) is 0 Å². The zero-order chi connectivity index (χ0) is 21.9. The molecule has 0 radical (unpaired) electrons. The smallest absolute Gasteiger partial charge is 0.285 e. The molecule has 6 rings (SSSR count). The van der Waals surface area contributed by atoms with Gasteiger partial charge in [-0.05, 0) is 40.6 Å². The molecular weight excluding hydrogens is 396 g/mol. The van der Waals surface area contributed by atoms with Gasteiger partial charge in [-0.15, -0.1) is 0 Å². The van der Waals surface area contributed by atoms with E-state index in [0.717, 1.165) is 22.4 Å². The summed E-state index contributed by atoms with van der Waals surface area (Å²) < 4.78 is 0. The quantitative estimate of drug-likeness (QED) is 0.403. The number of benzene rings is 5. The normalized spacial score (nSPS) is 10.8. The van der Waals surface area contributed by atoms with Crippen LogP contribution in [0.5, 0.6) is 0 Å². The fraction of sp³-hybridized carbons (Fsp3) is 0. The predicted molar refractivity (Wildman–Crippen MR) is 126 cm³/mol. The highest BCUT2D eigenvalue weighted by Gasteiger charge is 2.18. The van der Waals surface area contributed by atoms with E-state index < -0.39 is 5.97 Å². The van der Waals surface area contributed by atoms with Crippen LogP contribution < -0.4 is 10.1 Å². The van der Waals surface area contributed by atoms with Crippen molar-refractivity contribution in [1.29, 1.82) is 0 Å². The number of nitrogens with one attached hydrogen (secondary N) is 2. The molecule has 0 saturated carbocycles. The third kappa shape index (κ3) is 3.59. The molecule has 1 heterocycles. The van der Waals surface area contributed by atoms with Crippen LogP contribution in [0.1, 0.15) is 10.4 Å². The van der Waals surface area contributed by atoms with Crippen LogP contribution in [0.3, 0.4) is 0 Å². The Balaban J connectivity index is 0.000000203. The van der Waals surface area contributed by atoms with Crippen molar-refractivity contribution in [1.82, 2.24) is 4.98 Å². The molecule has 32 heavy (non-hydrogen) atoms. The first-order valence-electron chi connectivity index (χ1n) is 10.4. The number of hydrogen-bond donors (Lipinski definition) is 1. The molecule has 6 aromatic rings. The van der Waals surface area contributed by atoms with Crippen molar-refractivity contribution in [2.24, 2.45) is 0 Å². The van der Waals surface area contributed by atoms with Crippen LogP contribution >= 0.6 is 0 Å². The number of rotatable bonds is 2. The van der Waals surface area contributed by atoms with Gasteiger partial charge in [0.05, 0.1) is 11.5 Å². The summed E-state index contributed by atoms with van der Waals surface area (Å²) >= 11 is 0. The van der Waals surface area contributed by atoms with Gasteiger partial charge in [0.25, 0.3) is 5.82 Å². The lowest BCUT2D eigenvalue weighted by atomic mass is 10.0. The second-order valence-electron chi connectivity index (χ2n) is 7.49. The Morgan fingerprint density at radius 2 is 1.12 bits per heavy atom. The maximum atomic E-state index is 10.1. The number of imidazole rings is 1. The van der Waals surface area contributed by atoms with E-state index in [1.807, 2.05) is 6.07 Å². The Bertz CT molecular complexity index is 1470. The van der Waals surface area contributed by atoms with Gasteiger partial charge in [-0.1, -0.05) is 84.9 Å². The lowest BCUT2D eigenvalue weighted by Gasteiger charge is -2.02. The summed E-state index contributed by atoms with van der Waals surface area (Å²) in [6.07, 6.45) is 0. The van der Waals surface area contributed by atoms with E-state index in [1.165, 1.54) is 33.7 Å². The van der Waals surface area contributed by atoms with E-state index in [2.05, 4.69) is 82.8 Å². The lowest BCUT2D eigenvalue weighted by Crippen LogP contribution is -2.21. The van der Waals surface area contributed by atoms with Crippen molar-refractivity contribution >= 4 is 38.5 Å². The summed E-state index contributed by atoms with van der Waals surface area (Å²) in [5.41, 5.74) is 3.71. The van der Waals surface area contributed by atoms with Gasteiger partial charge in [0.15, 0.2) is 11.0 Å². The summed E-state index contributed by atoms with van der Waals surface area (Å²) in [6, 6.07) is 35.6. The summed E-state index contributed by atoms with van der Waals surface area (Å²) in [5.74, 6) is -0.0855. The molecule has 0 atom stereocenters. The van der Waals surface area contributed by atoms with Crippen molar-refractivity contribution in [3.05, 3.63) is 115 Å². The van der Waals surface area contributed by atoms with E-state index in [1.54, 1.807) is 18.2 Å². The molecule has 0 aliphatic rings. The van der Waals surface area contributed by atoms with Crippen LogP contribution in [0.2, 0.25) is 0 Å². The van der Waals surface area contributed by atoms with Gasteiger partial charge in [-0.25, -0.2) is 9.97 Å². The number of H-pyrrole nitrogens is 2. The molecule has 0 spiro atoms. The molecule has 0 aliphatic heterocycles. The first-order valence-corrected chi connectivity index (χ1v) is 10.4. The van der Waals surface area contributed by atoms with Crippen molar-refractivity contribution < 1.29 is 14.9 Å². The van der Waals surface area contributed by atoms with Crippen molar-refractivity contribution in [3.63, 3.8) is 0 Å². The lowest BCUT2D eigenvalue weighted by molar-refractivity contribution is -0.329. The maximum Gasteiger partial charge on any atom is 0.285 e. The molecule has 154 valence electrons. The van der Waals surface area contributed by atoms with Crippen LogP contribution in [-0.2, 0) is 0 Å². The zero-order valence-electron chi connectivity index (χ0n) is 17.2. The van der Waals surface area contributed by atoms with E-state index in [9.17, 15) is 9.90 Å². The number of aromatic carboxylic acids is 1.